The van der Waals surface area contributed by atoms with Crippen molar-refractivity contribution in [3.8, 4) is 5.75 Å². The number of fused-ring (bicyclic) bond motifs is 1. The predicted molar refractivity (Wildman–Crippen MR) is 103 cm³/mol. The highest BCUT2D eigenvalue weighted by molar-refractivity contribution is 5.94. The van der Waals surface area contributed by atoms with Crippen LogP contribution in [0.15, 0.2) is 42.5 Å². The van der Waals surface area contributed by atoms with Gasteiger partial charge in [0.25, 0.3) is 5.91 Å². The Morgan fingerprint density at radius 3 is 2.56 bits per heavy atom. The van der Waals surface area contributed by atoms with Crippen molar-refractivity contribution in [2.24, 2.45) is 0 Å². The van der Waals surface area contributed by atoms with Crippen LogP contribution in [0.25, 0.3) is 0 Å². The maximum Gasteiger partial charge on any atom is 0.251 e. The van der Waals surface area contributed by atoms with Crippen LogP contribution in [0.5, 0.6) is 5.75 Å². The fraction of sp³-hybridized carbons (Fsp3) is 0.350. The topological polar surface area (TPSA) is 64.3 Å². The number of nitrogens with one attached hydrogen (secondary N) is 1. The molecule has 1 atom stereocenters. The van der Waals surface area contributed by atoms with Gasteiger partial charge in [-0.05, 0) is 56.2 Å². The molecule has 0 radical (unpaired) electrons. The molecule has 1 aliphatic heterocycles. The lowest BCUT2D eigenvalue weighted by molar-refractivity contribution is 0.0620. The summed E-state index contributed by atoms with van der Waals surface area (Å²) in [5, 5.41) is 3.14. The van der Waals surface area contributed by atoms with Crippen LogP contribution in [-0.4, -0.2) is 11.5 Å². The highest BCUT2D eigenvalue weighted by Gasteiger charge is 2.34. The molecule has 2 aromatic rings. The molecule has 1 unspecified atom stereocenters. The van der Waals surface area contributed by atoms with E-state index in [0.29, 0.717) is 17.7 Å². The second-order valence-corrected chi connectivity index (χ2v) is 6.94. The molecular formula is C20H25ClN2O2. The molecule has 5 heteroatoms. The molecule has 0 aromatic heterocycles. The third-order valence-electron chi connectivity index (χ3n) is 4.42. The van der Waals surface area contributed by atoms with Gasteiger partial charge in [-0.3, -0.25) is 4.79 Å². The number of nitrogens with two attached hydrogens (primary N) is 1. The van der Waals surface area contributed by atoms with Gasteiger partial charge in [-0.15, -0.1) is 12.4 Å². The van der Waals surface area contributed by atoms with Crippen molar-refractivity contribution < 1.29 is 9.53 Å². The van der Waals surface area contributed by atoms with Crippen molar-refractivity contribution in [1.29, 1.82) is 0 Å². The third-order valence-corrected chi connectivity index (χ3v) is 4.42. The van der Waals surface area contributed by atoms with Crippen LogP contribution in [0.1, 0.15) is 54.7 Å². The van der Waals surface area contributed by atoms with Gasteiger partial charge < -0.3 is 15.8 Å². The van der Waals surface area contributed by atoms with E-state index in [1.54, 1.807) is 0 Å². The molecule has 1 aliphatic rings. The van der Waals surface area contributed by atoms with Crippen molar-refractivity contribution in [3.05, 3.63) is 59.2 Å². The molecule has 0 aliphatic carbocycles. The number of hydrogen-bond acceptors (Lipinski definition) is 3. The van der Waals surface area contributed by atoms with Gasteiger partial charge in [-0.25, -0.2) is 0 Å². The SMILES string of the molecule is CCc1ccc(C(=O)NC2CC(C)(C)Oc3ccc(N)cc32)cc1.Cl. The number of ether oxygens (including phenoxy) is 1. The summed E-state index contributed by atoms with van der Waals surface area (Å²) in [6, 6.07) is 13.2. The van der Waals surface area contributed by atoms with Gasteiger partial charge >= 0.3 is 0 Å². The number of aryl methyl sites for hydroxylation is 1. The molecule has 3 N–H and O–H groups in total. The summed E-state index contributed by atoms with van der Waals surface area (Å²) in [5.41, 5.74) is 9.07. The summed E-state index contributed by atoms with van der Waals surface area (Å²) in [6.07, 6.45) is 1.66. The van der Waals surface area contributed by atoms with E-state index in [0.717, 1.165) is 17.7 Å². The summed E-state index contributed by atoms with van der Waals surface area (Å²) < 4.78 is 6.02. The first kappa shape index (κ1) is 19.1. The van der Waals surface area contributed by atoms with Crippen molar-refractivity contribution >= 4 is 24.0 Å². The number of halogens is 1. The number of carbonyl (C=O) groups is 1. The highest BCUT2D eigenvalue weighted by atomic mass is 35.5. The smallest absolute Gasteiger partial charge is 0.251 e. The van der Waals surface area contributed by atoms with Crippen LogP contribution in [0.4, 0.5) is 5.69 Å². The minimum atomic E-state index is -0.340. The quantitative estimate of drug-likeness (QED) is 0.803. The van der Waals surface area contributed by atoms with E-state index in [1.807, 2.05) is 56.3 Å². The summed E-state index contributed by atoms with van der Waals surface area (Å²) >= 11 is 0. The van der Waals surface area contributed by atoms with Gasteiger partial charge in [0, 0.05) is 23.2 Å². The van der Waals surface area contributed by atoms with E-state index in [1.165, 1.54) is 5.56 Å². The van der Waals surface area contributed by atoms with E-state index in [4.69, 9.17) is 10.5 Å². The second-order valence-electron chi connectivity index (χ2n) is 6.94. The largest absolute Gasteiger partial charge is 0.487 e. The Bertz CT molecular complexity index is 757. The fourth-order valence-corrected chi connectivity index (χ4v) is 3.14. The van der Waals surface area contributed by atoms with E-state index < -0.39 is 0 Å². The first-order chi connectivity index (χ1) is 11.4. The minimum Gasteiger partial charge on any atom is -0.487 e. The van der Waals surface area contributed by atoms with Gasteiger partial charge in [0.05, 0.1) is 6.04 Å². The molecule has 134 valence electrons. The number of anilines is 1. The maximum atomic E-state index is 12.6. The zero-order chi connectivity index (χ0) is 17.3. The van der Waals surface area contributed by atoms with Gasteiger partial charge in [-0.1, -0.05) is 19.1 Å². The Morgan fingerprint density at radius 2 is 1.92 bits per heavy atom. The van der Waals surface area contributed by atoms with Crippen LogP contribution in [0.2, 0.25) is 0 Å². The molecule has 2 aromatic carbocycles. The molecule has 0 spiro atoms. The molecule has 25 heavy (non-hydrogen) atoms. The lowest BCUT2D eigenvalue weighted by atomic mass is 9.89. The number of amides is 1. The molecule has 4 nitrogen and oxygen atoms in total. The first-order valence-corrected chi connectivity index (χ1v) is 8.36. The summed E-state index contributed by atoms with van der Waals surface area (Å²) in [7, 11) is 0. The Hall–Kier alpha value is -2.20. The normalized spacial score (nSPS) is 17.6. The minimum absolute atomic E-state index is 0. The van der Waals surface area contributed by atoms with Crippen molar-refractivity contribution in [2.75, 3.05) is 5.73 Å². The standard InChI is InChI=1S/C20H24N2O2.ClH/c1-4-13-5-7-14(8-6-13)19(23)22-17-12-20(2,3)24-18-10-9-15(21)11-16(17)18;/h5-11,17H,4,12,21H2,1-3H3,(H,22,23);1H. The number of rotatable bonds is 3. The number of benzene rings is 2. The maximum absolute atomic E-state index is 12.6. The van der Waals surface area contributed by atoms with Crippen molar-refractivity contribution in [3.63, 3.8) is 0 Å². The molecule has 1 heterocycles. The van der Waals surface area contributed by atoms with E-state index in [9.17, 15) is 4.79 Å². The highest BCUT2D eigenvalue weighted by Crippen LogP contribution is 2.40. The van der Waals surface area contributed by atoms with Crippen LogP contribution in [0, 0.1) is 0 Å². The van der Waals surface area contributed by atoms with Gasteiger partial charge in [0.15, 0.2) is 0 Å². The lowest BCUT2D eigenvalue weighted by Crippen LogP contribution is -2.41. The van der Waals surface area contributed by atoms with Crippen LogP contribution in [-0.2, 0) is 6.42 Å². The predicted octanol–water partition coefficient (Wildman–Crippen LogP) is 4.29. The molecule has 0 bridgehead atoms. The number of nitrogen functional groups attached to an aromatic ring is 1. The van der Waals surface area contributed by atoms with Gasteiger partial charge in [-0.2, -0.15) is 0 Å². The van der Waals surface area contributed by atoms with Crippen LogP contribution >= 0.6 is 12.4 Å². The average Bonchev–Trinajstić information content (AvgIpc) is 2.55. The summed E-state index contributed by atoms with van der Waals surface area (Å²) in [5.74, 6) is 0.709. The first-order valence-electron chi connectivity index (χ1n) is 8.36. The van der Waals surface area contributed by atoms with Crippen LogP contribution < -0.4 is 15.8 Å². The number of hydrogen-bond donors (Lipinski definition) is 2. The Balaban J connectivity index is 0.00000225. The molecule has 3 rings (SSSR count). The van der Waals surface area contributed by atoms with Gasteiger partial charge in [0.1, 0.15) is 11.4 Å². The Kier molecular flexibility index (Phi) is 5.63. The molecule has 0 saturated heterocycles. The van der Waals surface area contributed by atoms with Crippen molar-refractivity contribution in [1.82, 2.24) is 5.32 Å². The zero-order valence-corrected chi connectivity index (χ0v) is 15.7. The van der Waals surface area contributed by atoms with E-state index in [-0.39, 0.29) is 30.0 Å². The third kappa shape index (κ3) is 4.26. The fourth-order valence-electron chi connectivity index (χ4n) is 3.14. The number of carbonyl (C=O) groups excluding carboxylic acids is 1. The van der Waals surface area contributed by atoms with Crippen molar-refractivity contribution in [2.45, 2.75) is 45.3 Å². The monoisotopic (exact) mass is 360 g/mol. The Morgan fingerprint density at radius 1 is 1.24 bits per heavy atom. The van der Waals surface area contributed by atoms with E-state index in [2.05, 4.69) is 12.2 Å². The Labute approximate surface area is 155 Å². The molecule has 0 fully saturated rings. The average molecular weight is 361 g/mol. The van der Waals surface area contributed by atoms with E-state index >= 15 is 0 Å². The van der Waals surface area contributed by atoms with Crippen LogP contribution in [0.3, 0.4) is 0 Å². The van der Waals surface area contributed by atoms with Gasteiger partial charge in [0.2, 0.25) is 0 Å². The molecule has 1 amide bonds. The molecular weight excluding hydrogens is 336 g/mol. The zero-order valence-electron chi connectivity index (χ0n) is 14.8. The summed E-state index contributed by atoms with van der Waals surface area (Å²) in [4.78, 5) is 12.6. The lowest BCUT2D eigenvalue weighted by Gasteiger charge is -2.38. The summed E-state index contributed by atoms with van der Waals surface area (Å²) in [6.45, 7) is 6.16. The molecule has 0 saturated carbocycles. The second kappa shape index (κ2) is 7.36.